The average molecular weight is 301 g/mol. The Bertz CT molecular complexity index is 420. The van der Waals surface area contributed by atoms with E-state index >= 15 is 0 Å². The lowest BCUT2D eigenvalue weighted by Gasteiger charge is -2.51. The molecule has 19 heavy (non-hydrogen) atoms. The van der Waals surface area contributed by atoms with Gasteiger partial charge in [0.25, 0.3) is 0 Å². The molecule has 3 atom stereocenters. The van der Waals surface area contributed by atoms with Gasteiger partial charge in [0, 0.05) is 23.5 Å². The topological polar surface area (TPSA) is 29.3 Å². The second-order valence-corrected chi connectivity index (χ2v) is 7.83. The van der Waals surface area contributed by atoms with Gasteiger partial charge in [-0.05, 0) is 37.4 Å². The highest BCUT2D eigenvalue weighted by Gasteiger charge is 2.43. The van der Waals surface area contributed by atoms with E-state index in [1.807, 2.05) is 6.07 Å². The molecule has 1 heterocycles. The maximum atomic E-state index is 6.19. The van der Waals surface area contributed by atoms with Crippen LogP contribution in [0.5, 0.6) is 0 Å². The molecular weight excluding hydrogens is 276 g/mol. The van der Waals surface area contributed by atoms with Gasteiger partial charge in [-0.2, -0.15) is 0 Å². The van der Waals surface area contributed by atoms with Crippen molar-refractivity contribution in [3.8, 4) is 0 Å². The van der Waals surface area contributed by atoms with Crippen LogP contribution < -0.4 is 5.73 Å². The highest BCUT2D eigenvalue weighted by Crippen LogP contribution is 2.41. The number of hydrogen-bond acceptors (Lipinski definition) is 3. The Balaban J connectivity index is 2.15. The van der Waals surface area contributed by atoms with Crippen molar-refractivity contribution in [3.05, 3.63) is 21.3 Å². The van der Waals surface area contributed by atoms with E-state index in [9.17, 15) is 0 Å². The fourth-order valence-corrected chi connectivity index (χ4v) is 4.69. The SMILES string of the molecule is CC1CCCC(CN)(N(C)Cc2ccc(Cl)s2)C1C. The van der Waals surface area contributed by atoms with Gasteiger partial charge in [-0.1, -0.05) is 38.3 Å². The third kappa shape index (κ3) is 2.99. The quantitative estimate of drug-likeness (QED) is 0.911. The number of thiophene rings is 1. The second kappa shape index (κ2) is 6.13. The Morgan fingerprint density at radius 3 is 2.79 bits per heavy atom. The van der Waals surface area contributed by atoms with Crippen molar-refractivity contribution in [1.29, 1.82) is 0 Å². The molecule has 1 aromatic rings. The molecule has 2 nitrogen and oxygen atoms in total. The highest BCUT2D eigenvalue weighted by atomic mass is 35.5. The first-order chi connectivity index (χ1) is 8.99. The summed E-state index contributed by atoms with van der Waals surface area (Å²) in [5, 5.41) is 0. The van der Waals surface area contributed by atoms with E-state index in [0.29, 0.717) is 5.92 Å². The number of nitrogens with two attached hydrogens (primary N) is 1. The number of likely N-dealkylation sites (N-methyl/N-ethyl adjacent to an activating group) is 1. The molecule has 1 aromatic heterocycles. The van der Waals surface area contributed by atoms with Crippen LogP contribution in [0, 0.1) is 11.8 Å². The minimum Gasteiger partial charge on any atom is -0.329 e. The van der Waals surface area contributed by atoms with E-state index in [2.05, 4.69) is 31.9 Å². The molecule has 0 aromatic carbocycles. The number of hydrogen-bond donors (Lipinski definition) is 1. The van der Waals surface area contributed by atoms with Gasteiger partial charge in [0.1, 0.15) is 0 Å². The van der Waals surface area contributed by atoms with Crippen molar-refractivity contribution in [2.45, 2.75) is 45.2 Å². The first kappa shape index (κ1) is 15.3. The van der Waals surface area contributed by atoms with Gasteiger partial charge >= 0.3 is 0 Å². The smallest absolute Gasteiger partial charge is 0.0931 e. The predicted octanol–water partition coefficient (Wildman–Crippen LogP) is 3.99. The maximum Gasteiger partial charge on any atom is 0.0931 e. The van der Waals surface area contributed by atoms with E-state index in [0.717, 1.165) is 23.3 Å². The standard InChI is InChI=1S/C15H25ClN2S/c1-11-5-4-8-15(10-17,12(11)2)18(3)9-13-6-7-14(16)19-13/h6-7,11-12H,4-5,8-10,17H2,1-3H3. The summed E-state index contributed by atoms with van der Waals surface area (Å²) in [6.45, 7) is 6.43. The Morgan fingerprint density at radius 2 is 2.21 bits per heavy atom. The number of rotatable bonds is 4. The van der Waals surface area contributed by atoms with Gasteiger partial charge in [0.2, 0.25) is 0 Å². The lowest BCUT2D eigenvalue weighted by Crippen LogP contribution is -2.59. The molecule has 4 heteroatoms. The Labute approximate surface area is 125 Å². The summed E-state index contributed by atoms with van der Waals surface area (Å²) in [7, 11) is 2.22. The van der Waals surface area contributed by atoms with E-state index in [1.54, 1.807) is 11.3 Å². The summed E-state index contributed by atoms with van der Waals surface area (Å²) in [4.78, 5) is 3.79. The van der Waals surface area contributed by atoms with Gasteiger partial charge in [0.15, 0.2) is 0 Å². The van der Waals surface area contributed by atoms with E-state index in [1.165, 1.54) is 24.1 Å². The highest BCUT2D eigenvalue weighted by molar-refractivity contribution is 7.16. The summed E-state index contributed by atoms with van der Waals surface area (Å²) in [5.41, 5.74) is 6.33. The third-order valence-electron chi connectivity index (χ3n) is 5.11. The summed E-state index contributed by atoms with van der Waals surface area (Å²) < 4.78 is 0.871. The van der Waals surface area contributed by atoms with Gasteiger partial charge in [-0.25, -0.2) is 0 Å². The van der Waals surface area contributed by atoms with Crippen LogP contribution in [0.25, 0.3) is 0 Å². The van der Waals surface area contributed by atoms with Crippen LogP contribution in [0.4, 0.5) is 0 Å². The van der Waals surface area contributed by atoms with Crippen LogP contribution >= 0.6 is 22.9 Å². The minimum absolute atomic E-state index is 0.147. The average Bonchev–Trinajstić information content (AvgIpc) is 2.78. The third-order valence-corrected chi connectivity index (χ3v) is 6.32. The van der Waals surface area contributed by atoms with Crippen LogP contribution in [0.2, 0.25) is 4.34 Å². The van der Waals surface area contributed by atoms with E-state index < -0.39 is 0 Å². The summed E-state index contributed by atoms with van der Waals surface area (Å²) in [6, 6.07) is 4.11. The van der Waals surface area contributed by atoms with Gasteiger partial charge in [0.05, 0.1) is 4.34 Å². The zero-order chi connectivity index (χ0) is 14.0. The Kier molecular flexibility index (Phi) is 4.93. The van der Waals surface area contributed by atoms with Crippen LogP contribution in [0.15, 0.2) is 12.1 Å². The molecule has 0 aliphatic heterocycles. The molecule has 108 valence electrons. The molecule has 1 saturated carbocycles. The zero-order valence-electron chi connectivity index (χ0n) is 12.2. The van der Waals surface area contributed by atoms with Crippen LogP contribution in [0.3, 0.4) is 0 Å². The largest absolute Gasteiger partial charge is 0.329 e. The first-order valence-electron chi connectivity index (χ1n) is 7.15. The molecule has 1 fully saturated rings. The van der Waals surface area contributed by atoms with E-state index in [4.69, 9.17) is 17.3 Å². The van der Waals surface area contributed by atoms with Crippen molar-refractivity contribution < 1.29 is 0 Å². The van der Waals surface area contributed by atoms with E-state index in [-0.39, 0.29) is 5.54 Å². The van der Waals surface area contributed by atoms with Crippen molar-refractivity contribution in [2.75, 3.05) is 13.6 Å². The lowest BCUT2D eigenvalue weighted by atomic mass is 9.67. The maximum absolute atomic E-state index is 6.19. The predicted molar refractivity (Wildman–Crippen MR) is 84.8 cm³/mol. The molecule has 2 N–H and O–H groups in total. The molecule has 0 amide bonds. The molecular formula is C15H25ClN2S. The zero-order valence-corrected chi connectivity index (χ0v) is 13.7. The second-order valence-electron chi connectivity index (χ2n) is 6.03. The normalized spacial score (nSPS) is 31.9. The van der Waals surface area contributed by atoms with Gasteiger partial charge in [-0.15, -0.1) is 11.3 Å². The number of nitrogens with zero attached hydrogens (tertiary/aromatic N) is 1. The monoisotopic (exact) mass is 300 g/mol. The van der Waals surface area contributed by atoms with Crippen molar-refractivity contribution >= 4 is 22.9 Å². The summed E-state index contributed by atoms with van der Waals surface area (Å²) in [5.74, 6) is 1.40. The van der Waals surface area contributed by atoms with Gasteiger partial charge < -0.3 is 5.73 Å². The van der Waals surface area contributed by atoms with Crippen molar-refractivity contribution in [3.63, 3.8) is 0 Å². The summed E-state index contributed by atoms with van der Waals surface area (Å²) >= 11 is 7.70. The molecule has 2 rings (SSSR count). The van der Waals surface area contributed by atoms with Crippen LogP contribution in [-0.4, -0.2) is 24.0 Å². The molecule has 0 bridgehead atoms. The number of halogens is 1. The molecule has 3 unspecified atom stereocenters. The van der Waals surface area contributed by atoms with Crippen LogP contribution in [-0.2, 0) is 6.54 Å². The summed E-state index contributed by atoms with van der Waals surface area (Å²) in [6.07, 6.45) is 3.84. The molecule has 1 aliphatic rings. The van der Waals surface area contributed by atoms with Gasteiger partial charge in [-0.3, -0.25) is 4.90 Å². The van der Waals surface area contributed by atoms with Crippen molar-refractivity contribution in [1.82, 2.24) is 4.90 Å². The van der Waals surface area contributed by atoms with Crippen molar-refractivity contribution in [2.24, 2.45) is 17.6 Å². The molecule has 1 aliphatic carbocycles. The Morgan fingerprint density at radius 1 is 1.47 bits per heavy atom. The molecule has 0 saturated heterocycles. The van der Waals surface area contributed by atoms with Crippen LogP contribution in [0.1, 0.15) is 38.0 Å². The Hall–Kier alpha value is -0.0900. The lowest BCUT2D eigenvalue weighted by molar-refractivity contribution is 0.00195. The fourth-order valence-electron chi connectivity index (χ4n) is 3.55. The minimum atomic E-state index is 0.147. The fraction of sp³-hybridized carbons (Fsp3) is 0.733. The first-order valence-corrected chi connectivity index (χ1v) is 8.34. The molecule has 0 spiro atoms. The molecule has 0 radical (unpaired) electrons.